The molecular formula is C18H25N7O2S. The molecule has 3 atom stereocenters. The van der Waals surface area contributed by atoms with Gasteiger partial charge in [0.25, 0.3) is 0 Å². The summed E-state index contributed by atoms with van der Waals surface area (Å²) in [5.74, 6) is -0.00218. The van der Waals surface area contributed by atoms with Crippen molar-refractivity contribution in [2.45, 2.75) is 44.8 Å². The number of aromatic amines is 1. The highest BCUT2D eigenvalue weighted by Crippen LogP contribution is 2.35. The maximum Gasteiger partial charge on any atom is 0.237 e. The summed E-state index contributed by atoms with van der Waals surface area (Å²) in [4.78, 5) is 34.1. The fourth-order valence-corrected chi connectivity index (χ4v) is 5.07. The van der Waals surface area contributed by atoms with Crippen molar-refractivity contribution in [1.29, 1.82) is 0 Å². The molecule has 2 N–H and O–H groups in total. The maximum absolute atomic E-state index is 12.8. The molecule has 0 radical (unpaired) electrons. The van der Waals surface area contributed by atoms with Gasteiger partial charge in [-0.15, -0.1) is 11.3 Å². The molecule has 10 heteroatoms. The van der Waals surface area contributed by atoms with Gasteiger partial charge in [0.05, 0.1) is 30.9 Å². The Kier molecular flexibility index (Phi) is 5.67. The lowest BCUT2D eigenvalue weighted by atomic mass is 9.96. The van der Waals surface area contributed by atoms with Crippen LogP contribution in [-0.2, 0) is 22.6 Å². The van der Waals surface area contributed by atoms with Gasteiger partial charge in [0.15, 0.2) is 0 Å². The normalized spacial score (nSPS) is 25.1. The fourth-order valence-electron chi connectivity index (χ4n) is 4.41. The van der Waals surface area contributed by atoms with Crippen molar-refractivity contribution in [2.75, 3.05) is 19.6 Å². The van der Waals surface area contributed by atoms with E-state index in [1.807, 2.05) is 10.3 Å². The summed E-state index contributed by atoms with van der Waals surface area (Å²) in [6.45, 7) is 4.46. The van der Waals surface area contributed by atoms with Crippen molar-refractivity contribution in [2.24, 2.45) is 5.92 Å². The number of carbonyl (C=O) groups excluding carboxylic acids is 2. The van der Waals surface area contributed by atoms with Gasteiger partial charge in [-0.1, -0.05) is 6.92 Å². The van der Waals surface area contributed by atoms with Crippen molar-refractivity contribution < 1.29 is 9.59 Å². The van der Waals surface area contributed by atoms with Crippen LogP contribution in [0.5, 0.6) is 0 Å². The predicted octanol–water partition coefficient (Wildman–Crippen LogP) is 0.431. The molecule has 0 aliphatic carbocycles. The van der Waals surface area contributed by atoms with Gasteiger partial charge in [-0.3, -0.25) is 14.5 Å². The lowest BCUT2D eigenvalue weighted by Crippen LogP contribution is -2.56. The van der Waals surface area contributed by atoms with Crippen molar-refractivity contribution in [1.82, 2.24) is 35.5 Å². The molecule has 2 fully saturated rings. The summed E-state index contributed by atoms with van der Waals surface area (Å²) in [6, 6.07) is 0.0732. The van der Waals surface area contributed by atoms with Crippen LogP contribution < -0.4 is 5.32 Å². The van der Waals surface area contributed by atoms with Crippen LogP contribution in [0.2, 0.25) is 0 Å². The number of fused-ring (bicyclic) bond motifs is 1. The number of aromatic nitrogens is 4. The molecule has 2 aliphatic rings. The highest BCUT2D eigenvalue weighted by molar-refractivity contribution is 7.09. The highest BCUT2D eigenvalue weighted by Gasteiger charge is 2.48. The van der Waals surface area contributed by atoms with Crippen LogP contribution in [0.25, 0.3) is 0 Å². The van der Waals surface area contributed by atoms with E-state index in [4.69, 9.17) is 0 Å². The third kappa shape index (κ3) is 3.93. The maximum atomic E-state index is 12.8. The van der Waals surface area contributed by atoms with Crippen LogP contribution in [0.1, 0.15) is 30.5 Å². The quantitative estimate of drug-likeness (QED) is 0.694. The second kappa shape index (κ2) is 8.36. The SMILES string of the molecule is CC[C@@H]1[C@H](C(=O)NCCc2cn[nH]n2)C[C@@H]2CN(Cc3nccs3)CC(=O)N21. The first-order chi connectivity index (χ1) is 13.7. The molecule has 2 aliphatic heterocycles. The summed E-state index contributed by atoms with van der Waals surface area (Å²) in [5, 5.41) is 16.3. The topological polar surface area (TPSA) is 107 Å². The summed E-state index contributed by atoms with van der Waals surface area (Å²) < 4.78 is 0. The number of thiazole rings is 1. The Bertz CT molecular complexity index is 795. The van der Waals surface area contributed by atoms with Crippen LogP contribution >= 0.6 is 11.3 Å². The van der Waals surface area contributed by atoms with E-state index >= 15 is 0 Å². The lowest BCUT2D eigenvalue weighted by molar-refractivity contribution is -0.141. The Morgan fingerprint density at radius 1 is 1.46 bits per heavy atom. The average Bonchev–Trinajstić information content (AvgIpc) is 3.42. The van der Waals surface area contributed by atoms with E-state index in [1.54, 1.807) is 23.7 Å². The molecule has 28 heavy (non-hydrogen) atoms. The molecule has 9 nitrogen and oxygen atoms in total. The molecule has 2 aromatic heterocycles. The Hall–Kier alpha value is -2.33. The number of piperazine rings is 1. The highest BCUT2D eigenvalue weighted by atomic mass is 32.1. The number of H-pyrrole nitrogens is 1. The Balaban J connectivity index is 1.37. The van der Waals surface area contributed by atoms with Crippen molar-refractivity contribution in [3.8, 4) is 0 Å². The van der Waals surface area contributed by atoms with E-state index in [0.29, 0.717) is 32.5 Å². The molecule has 0 aromatic carbocycles. The van der Waals surface area contributed by atoms with Gasteiger partial charge in [-0.05, 0) is 12.8 Å². The zero-order valence-corrected chi connectivity index (χ0v) is 16.7. The van der Waals surface area contributed by atoms with Gasteiger partial charge in [0.2, 0.25) is 11.8 Å². The Morgan fingerprint density at radius 2 is 2.36 bits per heavy atom. The number of hydrogen-bond acceptors (Lipinski definition) is 7. The largest absolute Gasteiger partial charge is 0.355 e. The second-order valence-corrected chi connectivity index (χ2v) is 8.35. The van der Waals surface area contributed by atoms with Crippen LogP contribution in [0.3, 0.4) is 0 Å². The summed E-state index contributed by atoms with van der Waals surface area (Å²) in [5.41, 5.74) is 0.823. The summed E-state index contributed by atoms with van der Waals surface area (Å²) in [7, 11) is 0. The molecule has 0 spiro atoms. The van der Waals surface area contributed by atoms with E-state index in [1.165, 1.54) is 0 Å². The van der Waals surface area contributed by atoms with Crippen LogP contribution in [-0.4, -0.2) is 73.7 Å². The molecule has 2 saturated heterocycles. The number of carbonyl (C=O) groups is 2. The number of rotatable bonds is 7. The van der Waals surface area contributed by atoms with Crippen LogP contribution in [0.15, 0.2) is 17.8 Å². The van der Waals surface area contributed by atoms with Crippen LogP contribution in [0.4, 0.5) is 0 Å². The van der Waals surface area contributed by atoms with E-state index in [9.17, 15) is 9.59 Å². The number of nitrogens with zero attached hydrogens (tertiary/aromatic N) is 5. The molecular weight excluding hydrogens is 378 g/mol. The first-order valence-corrected chi connectivity index (χ1v) is 10.6. The molecule has 0 bridgehead atoms. The summed E-state index contributed by atoms with van der Waals surface area (Å²) >= 11 is 1.61. The molecule has 0 unspecified atom stereocenters. The standard InChI is InChI=1S/C18H25N7O2S/c1-2-15-14(18(27)20-4-3-12-8-21-23-22-12)7-13-9-24(11-17(26)25(13)15)10-16-19-5-6-28-16/h5-6,8,13-15H,2-4,7,9-11H2,1H3,(H,20,27)(H,21,22,23)/t13-,14-,15-/m1/s1. The first-order valence-electron chi connectivity index (χ1n) is 9.70. The van der Waals surface area contributed by atoms with Gasteiger partial charge < -0.3 is 10.2 Å². The first kappa shape index (κ1) is 19.0. The fraction of sp³-hybridized carbons (Fsp3) is 0.611. The predicted molar refractivity (Wildman–Crippen MR) is 103 cm³/mol. The zero-order chi connectivity index (χ0) is 19.5. The van der Waals surface area contributed by atoms with Crippen molar-refractivity contribution >= 4 is 23.2 Å². The molecule has 0 saturated carbocycles. The van der Waals surface area contributed by atoms with E-state index in [0.717, 1.165) is 23.7 Å². The average molecular weight is 404 g/mol. The van der Waals surface area contributed by atoms with Gasteiger partial charge in [0.1, 0.15) is 5.01 Å². The minimum Gasteiger partial charge on any atom is -0.355 e. The van der Waals surface area contributed by atoms with Gasteiger partial charge in [0, 0.05) is 43.2 Å². The number of amides is 2. The lowest BCUT2D eigenvalue weighted by Gasteiger charge is -2.39. The summed E-state index contributed by atoms with van der Waals surface area (Å²) in [6.07, 6.45) is 5.59. The second-order valence-electron chi connectivity index (χ2n) is 7.37. The molecule has 4 heterocycles. The molecule has 150 valence electrons. The third-order valence-electron chi connectivity index (χ3n) is 5.60. The molecule has 2 amide bonds. The Morgan fingerprint density at radius 3 is 3.07 bits per heavy atom. The molecule has 4 rings (SSSR count). The van der Waals surface area contributed by atoms with Crippen molar-refractivity contribution in [3.05, 3.63) is 28.5 Å². The minimum atomic E-state index is -0.156. The minimum absolute atomic E-state index is 0.0217. The monoisotopic (exact) mass is 403 g/mol. The molecule has 2 aromatic rings. The number of hydrogen-bond donors (Lipinski definition) is 2. The van der Waals surface area contributed by atoms with Gasteiger partial charge in [-0.25, -0.2) is 4.98 Å². The van der Waals surface area contributed by atoms with Gasteiger partial charge >= 0.3 is 0 Å². The van der Waals surface area contributed by atoms with Crippen molar-refractivity contribution in [3.63, 3.8) is 0 Å². The van der Waals surface area contributed by atoms with E-state index < -0.39 is 0 Å². The van der Waals surface area contributed by atoms with E-state index in [2.05, 4.69) is 37.5 Å². The number of nitrogens with one attached hydrogen (secondary N) is 2. The van der Waals surface area contributed by atoms with Gasteiger partial charge in [-0.2, -0.15) is 15.4 Å². The smallest absolute Gasteiger partial charge is 0.237 e. The third-order valence-corrected chi connectivity index (χ3v) is 6.36. The van der Waals surface area contributed by atoms with E-state index in [-0.39, 0.29) is 29.8 Å². The Labute approximate surface area is 167 Å². The van der Waals surface area contributed by atoms with Crippen LogP contribution in [0, 0.1) is 5.92 Å². The zero-order valence-electron chi connectivity index (χ0n) is 15.9.